The van der Waals surface area contributed by atoms with E-state index in [0.717, 1.165) is 12.1 Å². The third-order valence-corrected chi connectivity index (χ3v) is 2.72. The molecule has 1 aromatic rings. The van der Waals surface area contributed by atoms with Gasteiger partial charge in [-0.2, -0.15) is 39.5 Å². The Morgan fingerprint density at radius 1 is 0.864 bits per heavy atom. The molecule has 1 rings (SSSR count). The van der Waals surface area contributed by atoms with Gasteiger partial charge >= 0.3 is 18.5 Å². The highest BCUT2D eigenvalue weighted by Gasteiger charge is 2.54. The summed E-state index contributed by atoms with van der Waals surface area (Å²) in [5.74, 6) is -3.89. The molecule has 0 amide bonds. The summed E-state index contributed by atoms with van der Waals surface area (Å²) in [6.45, 7) is 0.242. The van der Waals surface area contributed by atoms with Crippen LogP contribution in [-0.4, -0.2) is 18.5 Å². The molecule has 0 aliphatic rings. The van der Waals surface area contributed by atoms with Crippen LogP contribution >= 0.6 is 0 Å². The largest absolute Gasteiger partial charge is 0.480 e. The molecule has 0 radical (unpaired) electrons. The van der Waals surface area contributed by atoms with Gasteiger partial charge < -0.3 is 4.74 Å². The maximum atomic E-state index is 12.7. The number of hydrogen-bond donors (Lipinski definition) is 0. The van der Waals surface area contributed by atoms with Gasteiger partial charge in [-0.15, -0.1) is 0 Å². The van der Waals surface area contributed by atoms with Crippen LogP contribution in [0, 0.1) is 5.92 Å². The quantitative estimate of drug-likeness (QED) is 0.686. The van der Waals surface area contributed by atoms with Gasteiger partial charge in [-0.05, 0) is 25.1 Å². The Bertz CT molecular complexity index is 501. The van der Waals surface area contributed by atoms with Crippen molar-refractivity contribution in [3.05, 3.63) is 29.8 Å². The SMILES string of the molecule is CC(C(Oc1cccc(C(F)(F)F)c1)C(F)(F)F)C(F)(F)F. The molecule has 10 heteroatoms. The zero-order valence-electron chi connectivity index (χ0n) is 10.8. The molecular formula is C12H9F9O. The second-order valence-corrected chi connectivity index (χ2v) is 4.44. The Balaban J connectivity index is 3.11. The molecule has 22 heavy (non-hydrogen) atoms. The van der Waals surface area contributed by atoms with E-state index in [2.05, 4.69) is 4.74 Å². The lowest BCUT2D eigenvalue weighted by Crippen LogP contribution is -2.45. The first-order valence-electron chi connectivity index (χ1n) is 5.70. The highest BCUT2D eigenvalue weighted by atomic mass is 19.4. The lowest BCUT2D eigenvalue weighted by atomic mass is 10.0. The Hall–Kier alpha value is -1.61. The van der Waals surface area contributed by atoms with E-state index in [1.54, 1.807) is 0 Å². The van der Waals surface area contributed by atoms with Crippen molar-refractivity contribution >= 4 is 0 Å². The van der Waals surface area contributed by atoms with Crippen molar-refractivity contribution in [3.8, 4) is 5.75 Å². The molecule has 126 valence electrons. The molecule has 0 N–H and O–H groups in total. The number of benzene rings is 1. The first-order chi connectivity index (χ1) is 9.73. The molecule has 0 spiro atoms. The summed E-state index contributed by atoms with van der Waals surface area (Å²) in [5, 5.41) is 0. The molecule has 2 unspecified atom stereocenters. The molecule has 0 saturated heterocycles. The van der Waals surface area contributed by atoms with E-state index in [9.17, 15) is 39.5 Å². The summed E-state index contributed by atoms with van der Waals surface area (Å²) in [6.07, 6.45) is -18.8. The fourth-order valence-electron chi connectivity index (χ4n) is 1.52. The first-order valence-corrected chi connectivity index (χ1v) is 5.70. The zero-order valence-corrected chi connectivity index (χ0v) is 10.8. The van der Waals surface area contributed by atoms with Crippen molar-refractivity contribution < 1.29 is 44.3 Å². The Morgan fingerprint density at radius 3 is 1.82 bits per heavy atom. The van der Waals surface area contributed by atoms with Crippen LogP contribution in [0.5, 0.6) is 5.75 Å². The average molecular weight is 340 g/mol. The highest BCUT2D eigenvalue weighted by Crippen LogP contribution is 2.39. The van der Waals surface area contributed by atoms with Crippen molar-refractivity contribution in [1.29, 1.82) is 0 Å². The van der Waals surface area contributed by atoms with Gasteiger partial charge in [0.15, 0.2) is 0 Å². The fraction of sp³-hybridized carbons (Fsp3) is 0.500. The minimum absolute atomic E-state index is 0.210. The third kappa shape index (κ3) is 4.70. The van der Waals surface area contributed by atoms with Gasteiger partial charge in [-0.3, -0.25) is 0 Å². The van der Waals surface area contributed by atoms with Gasteiger partial charge in [0.1, 0.15) is 5.75 Å². The van der Waals surface area contributed by atoms with E-state index >= 15 is 0 Å². The molecule has 0 bridgehead atoms. The van der Waals surface area contributed by atoms with Crippen LogP contribution < -0.4 is 4.74 Å². The second kappa shape index (κ2) is 5.88. The molecule has 0 heterocycles. The Labute approximate surface area is 118 Å². The lowest BCUT2D eigenvalue weighted by molar-refractivity contribution is -0.263. The smallest absolute Gasteiger partial charge is 0.426 e. The standard InChI is InChI=1S/C12H9F9O/c1-6(10(13,14)15)9(12(19,20)21)22-8-4-2-3-7(5-8)11(16,17)18/h2-6,9H,1H3. The van der Waals surface area contributed by atoms with Crippen molar-refractivity contribution in [2.75, 3.05) is 0 Å². The number of rotatable bonds is 3. The second-order valence-electron chi connectivity index (χ2n) is 4.44. The lowest BCUT2D eigenvalue weighted by Gasteiger charge is -2.28. The first kappa shape index (κ1) is 18.4. The predicted molar refractivity (Wildman–Crippen MR) is 57.1 cm³/mol. The molecule has 1 nitrogen and oxygen atoms in total. The summed E-state index contributed by atoms with van der Waals surface area (Å²) >= 11 is 0. The van der Waals surface area contributed by atoms with Crippen molar-refractivity contribution in [3.63, 3.8) is 0 Å². The van der Waals surface area contributed by atoms with E-state index in [0.29, 0.717) is 6.07 Å². The topological polar surface area (TPSA) is 9.23 Å². The van der Waals surface area contributed by atoms with Gasteiger partial charge in [0.2, 0.25) is 6.10 Å². The van der Waals surface area contributed by atoms with E-state index in [1.165, 1.54) is 0 Å². The number of hydrogen-bond acceptors (Lipinski definition) is 1. The van der Waals surface area contributed by atoms with Crippen LogP contribution in [0.25, 0.3) is 0 Å². The maximum Gasteiger partial charge on any atom is 0.426 e. The van der Waals surface area contributed by atoms with Gasteiger partial charge in [-0.25, -0.2) is 0 Å². The van der Waals surface area contributed by atoms with Gasteiger partial charge in [0, 0.05) is 0 Å². The summed E-state index contributed by atoms with van der Waals surface area (Å²) in [4.78, 5) is 0. The van der Waals surface area contributed by atoms with Crippen molar-refractivity contribution in [2.24, 2.45) is 5.92 Å². The normalized spacial score (nSPS) is 16.3. The van der Waals surface area contributed by atoms with E-state index in [4.69, 9.17) is 0 Å². The van der Waals surface area contributed by atoms with Crippen molar-refractivity contribution in [1.82, 2.24) is 0 Å². The van der Waals surface area contributed by atoms with E-state index in [-0.39, 0.29) is 13.0 Å². The molecule has 2 atom stereocenters. The Kier molecular flexibility index (Phi) is 4.93. The monoisotopic (exact) mass is 340 g/mol. The van der Waals surface area contributed by atoms with Crippen LogP contribution in [0.3, 0.4) is 0 Å². The van der Waals surface area contributed by atoms with Crippen LogP contribution in [0.2, 0.25) is 0 Å². The summed E-state index contributed by atoms with van der Waals surface area (Å²) in [5.41, 5.74) is -1.33. The number of alkyl halides is 9. The van der Waals surface area contributed by atoms with Gasteiger partial charge in [0.25, 0.3) is 0 Å². The molecule has 0 aliphatic heterocycles. The summed E-state index contributed by atoms with van der Waals surface area (Å²) in [6, 6.07) is 2.23. The van der Waals surface area contributed by atoms with Crippen LogP contribution in [0.15, 0.2) is 24.3 Å². The zero-order chi connectivity index (χ0) is 17.3. The van der Waals surface area contributed by atoms with Crippen molar-refractivity contribution in [2.45, 2.75) is 31.6 Å². The maximum absolute atomic E-state index is 12.7. The predicted octanol–water partition coefficient (Wildman–Crippen LogP) is 5.21. The highest BCUT2D eigenvalue weighted by molar-refractivity contribution is 5.30. The minimum atomic E-state index is -5.40. The molecule has 1 aromatic carbocycles. The number of halogens is 9. The Morgan fingerprint density at radius 2 is 1.41 bits per heavy atom. The molecule has 0 fully saturated rings. The van der Waals surface area contributed by atoms with E-state index < -0.39 is 41.9 Å². The third-order valence-electron chi connectivity index (χ3n) is 2.72. The van der Waals surface area contributed by atoms with E-state index in [1.807, 2.05) is 0 Å². The van der Waals surface area contributed by atoms with Crippen LogP contribution in [-0.2, 0) is 6.18 Å². The molecular weight excluding hydrogens is 331 g/mol. The fourth-order valence-corrected chi connectivity index (χ4v) is 1.52. The average Bonchev–Trinajstić information content (AvgIpc) is 2.32. The molecule has 0 aliphatic carbocycles. The van der Waals surface area contributed by atoms with Crippen LogP contribution in [0.4, 0.5) is 39.5 Å². The minimum Gasteiger partial charge on any atom is -0.480 e. The summed E-state index contributed by atoms with van der Waals surface area (Å²) in [7, 11) is 0. The van der Waals surface area contributed by atoms with Gasteiger partial charge in [-0.1, -0.05) is 6.07 Å². The molecule has 0 aromatic heterocycles. The number of ether oxygens (including phenoxy) is 1. The molecule has 0 saturated carbocycles. The summed E-state index contributed by atoms with van der Waals surface area (Å²) < 4.78 is 117. The van der Waals surface area contributed by atoms with Gasteiger partial charge in [0.05, 0.1) is 11.5 Å². The van der Waals surface area contributed by atoms with Crippen LogP contribution in [0.1, 0.15) is 12.5 Å².